The van der Waals surface area contributed by atoms with Gasteiger partial charge in [-0.05, 0) is 0 Å². The van der Waals surface area contributed by atoms with Crippen LogP contribution < -0.4 is 15.2 Å². The van der Waals surface area contributed by atoms with Crippen molar-refractivity contribution in [3.63, 3.8) is 0 Å². The third-order valence-electron chi connectivity index (χ3n) is 1.59. The molecule has 1 aromatic heterocycles. The summed E-state index contributed by atoms with van der Waals surface area (Å²) in [4.78, 5) is 3.56. The fourth-order valence-corrected chi connectivity index (χ4v) is 1.04. The van der Waals surface area contributed by atoms with E-state index in [2.05, 4.69) is 9.72 Å². The molecule has 15 heavy (non-hydrogen) atoms. The summed E-state index contributed by atoms with van der Waals surface area (Å²) in [6, 6.07) is 0. The zero-order valence-electron chi connectivity index (χ0n) is 7.84. The summed E-state index contributed by atoms with van der Waals surface area (Å²) in [5, 5.41) is 0. The van der Waals surface area contributed by atoms with Gasteiger partial charge in [-0.3, -0.25) is 4.98 Å². The van der Waals surface area contributed by atoms with Crippen LogP contribution in [0.5, 0.6) is 11.5 Å². The second-order valence-electron chi connectivity index (χ2n) is 2.58. The van der Waals surface area contributed by atoms with Gasteiger partial charge in [0.25, 0.3) is 0 Å². The highest BCUT2D eigenvalue weighted by molar-refractivity contribution is 5.43. The lowest BCUT2D eigenvalue weighted by molar-refractivity contribution is -0.275. The van der Waals surface area contributed by atoms with Crippen molar-refractivity contribution in [2.75, 3.05) is 7.11 Å². The van der Waals surface area contributed by atoms with E-state index >= 15 is 0 Å². The lowest BCUT2D eigenvalue weighted by atomic mass is 10.2. The Hall–Kier alpha value is -1.50. The van der Waals surface area contributed by atoms with E-state index < -0.39 is 12.1 Å². The quantitative estimate of drug-likeness (QED) is 0.840. The van der Waals surface area contributed by atoms with Crippen LogP contribution in [0.25, 0.3) is 0 Å². The Bertz CT molecular complexity index is 341. The first kappa shape index (κ1) is 11.6. The molecule has 0 unspecified atom stereocenters. The molecular formula is C8H9F3N2O2. The van der Waals surface area contributed by atoms with Crippen molar-refractivity contribution in [1.29, 1.82) is 0 Å². The normalized spacial score (nSPS) is 11.3. The maximum atomic E-state index is 12.0. The number of pyridine rings is 1. The highest BCUT2D eigenvalue weighted by Gasteiger charge is 2.33. The van der Waals surface area contributed by atoms with Crippen molar-refractivity contribution in [3.05, 3.63) is 18.0 Å². The smallest absolute Gasteiger partial charge is 0.492 e. The third kappa shape index (κ3) is 2.98. The van der Waals surface area contributed by atoms with Crippen molar-refractivity contribution in [2.24, 2.45) is 5.73 Å². The molecule has 4 nitrogen and oxygen atoms in total. The molecule has 0 fully saturated rings. The number of halogens is 3. The second kappa shape index (κ2) is 4.35. The molecule has 1 heterocycles. The predicted octanol–water partition coefficient (Wildman–Crippen LogP) is 1.45. The summed E-state index contributed by atoms with van der Waals surface area (Å²) in [6.45, 7) is 0.0191. The number of aromatic nitrogens is 1. The molecular weight excluding hydrogens is 213 g/mol. The van der Waals surface area contributed by atoms with Gasteiger partial charge in [0.1, 0.15) is 0 Å². The van der Waals surface area contributed by atoms with E-state index in [4.69, 9.17) is 10.5 Å². The van der Waals surface area contributed by atoms with E-state index in [-0.39, 0.29) is 12.3 Å². The molecule has 1 rings (SSSR count). The summed E-state index contributed by atoms with van der Waals surface area (Å²) < 4.78 is 44.4. The second-order valence-corrected chi connectivity index (χ2v) is 2.58. The van der Waals surface area contributed by atoms with Gasteiger partial charge < -0.3 is 15.2 Å². The Morgan fingerprint density at radius 1 is 1.40 bits per heavy atom. The maximum Gasteiger partial charge on any atom is 0.573 e. The molecule has 0 atom stereocenters. The van der Waals surface area contributed by atoms with Gasteiger partial charge >= 0.3 is 6.36 Å². The standard InChI is InChI=1S/C8H9F3N2O2/c1-14-7-5(2-12)3-13-4-6(7)15-8(9,10)11/h3-4H,2,12H2,1H3. The van der Waals surface area contributed by atoms with Crippen molar-refractivity contribution < 1.29 is 22.6 Å². The van der Waals surface area contributed by atoms with Crippen molar-refractivity contribution >= 4 is 0 Å². The highest BCUT2D eigenvalue weighted by atomic mass is 19.4. The van der Waals surface area contributed by atoms with Gasteiger partial charge in [-0.2, -0.15) is 0 Å². The van der Waals surface area contributed by atoms with Gasteiger partial charge in [-0.1, -0.05) is 0 Å². The van der Waals surface area contributed by atoms with Gasteiger partial charge in [-0.15, -0.1) is 13.2 Å². The van der Waals surface area contributed by atoms with Gasteiger partial charge in [0.15, 0.2) is 11.5 Å². The molecule has 7 heteroatoms. The van der Waals surface area contributed by atoms with E-state index in [1.54, 1.807) is 0 Å². The Labute approximate surface area is 83.8 Å². The largest absolute Gasteiger partial charge is 0.573 e. The van der Waals surface area contributed by atoms with Crippen LogP contribution in [0.4, 0.5) is 13.2 Å². The SMILES string of the molecule is COc1c(CN)cncc1OC(F)(F)F. The topological polar surface area (TPSA) is 57.4 Å². The summed E-state index contributed by atoms with van der Waals surface area (Å²) in [5.41, 5.74) is 5.65. The first-order valence-electron chi connectivity index (χ1n) is 3.94. The minimum absolute atomic E-state index is 0.0191. The zero-order valence-corrected chi connectivity index (χ0v) is 7.84. The Balaban J connectivity index is 3.06. The fourth-order valence-electron chi connectivity index (χ4n) is 1.04. The van der Waals surface area contributed by atoms with Crippen LogP contribution in [-0.2, 0) is 6.54 Å². The van der Waals surface area contributed by atoms with E-state index in [9.17, 15) is 13.2 Å². The van der Waals surface area contributed by atoms with Gasteiger partial charge in [-0.25, -0.2) is 0 Å². The van der Waals surface area contributed by atoms with Crippen molar-refractivity contribution in [1.82, 2.24) is 4.98 Å². The van der Waals surface area contributed by atoms with Crippen LogP contribution in [0, 0.1) is 0 Å². The first-order chi connectivity index (χ1) is 6.98. The van der Waals surface area contributed by atoms with Crippen LogP contribution in [0.15, 0.2) is 12.4 Å². The predicted molar refractivity (Wildman–Crippen MR) is 45.4 cm³/mol. The van der Waals surface area contributed by atoms with Gasteiger partial charge in [0.05, 0.1) is 13.3 Å². The lowest BCUT2D eigenvalue weighted by Gasteiger charge is -2.13. The summed E-state index contributed by atoms with van der Waals surface area (Å²) in [5.74, 6) is -0.544. The molecule has 1 aromatic rings. The molecule has 2 N–H and O–H groups in total. The molecule has 0 aliphatic heterocycles. The fraction of sp³-hybridized carbons (Fsp3) is 0.375. The van der Waals surface area contributed by atoms with Gasteiger partial charge in [0.2, 0.25) is 0 Å². The van der Waals surface area contributed by atoms with Crippen molar-refractivity contribution in [2.45, 2.75) is 12.9 Å². The number of alkyl halides is 3. The van der Waals surface area contributed by atoms with Crippen LogP contribution in [0.1, 0.15) is 5.56 Å². The number of nitrogens with two attached hydrogens (primary N) is 1. The van der Waals surface area contributed by atoms with Crippen LogP contribution in [-0.4, -0.2) is 18.5 Å². The molecule has 0 radical (unpaired) electrons. The number of methoxy groups -OCH3 is 1. The van der Waals surface area contributed by atoms with Gasteiger partial charge in [0, 0.05) is 18.3 Å². The average Bonchev–Trinajstić information content (AvgIpc) is 2.15. The summed E-state index contributed by atoms with van der Waals surface area (Å²) in [7, 11) is 1.23. The zero-order chi connectivity index (χ0) is 11.5. The molecule has 84 valence electrons. The van der Waals surface area contributed by atoms with Crippen molar-refractivity contribution in [3.8, 4) is 11.5 Å². The molecule has 0 spiro atoms. The Kier molecular flexibility index (Phi) is 3.35. The average molecular weight is 222 g/mol. The molecule has 0 saturated carbocycles. The molecule has 0 saturated heterocycles. The van der Waals surface area contributed by atoms with E-state index in [0.29, 0.717) is 5.56 Å². The third-order valence-corrected chi connectivity index (χ3v) is 1.59. The highest BCUT2D eigenvalue weighted by Crippen LogP contribution is 2.33. The van der Waals surface area contributed by atoms with E-state index in [1.165, 1.54) is 13.3 Å². The molecule has 0 amide bonds. The molecule has 0 aliphatic rings. The monoisotopic (exact) mass is 222 g/mol. The molecule has 0 aromatic carbocycles. The maximum absolute atomic E-state index is 12.0. The minimum Gasteiger partial charge on any atom is -0.492 e. The van der Waals surface area contributed by atoms with E-state index in [1.807, 2.05) is 0 Å². The first-order valence-corrected chi connectivity index (χ1v) is 3.94. The van der Waals surface area contributed by atoms with Crippen LogP contribution in [0.2, 0.25) is 0 Å². The molecule has 0 bridgehead atoms. The number of rotatable bonds is 3. The Morgan fingerprint density at radius 2 is 2.07 bits per heavy atom. The minimum atomic E-state index is -4.78. The summed E-state index contributed by atoms with van der Waals surface area (Å²) in [6.07, 6.45) is -2.53. The lowest BCUT2D eigenvalue weighted by Crippen LogP contribution is -2.18. The number of hydrogen-bond acceptors (Lipinski definition) is 4. The Morgan fingerprint density at radius 3 is 2.53 bits per heavy atom. The number of nitrogens with zero attached hydrogens (tertiary/aromatic N) is 1. The van der Waals surface area contributed by atoms with Crippen LogP contribution in [0.3, 0.4) is 0 Å². The number of ether oxygens (including phenoxy) is 2. The summed E-state index contributed by atoms with van der Waals surface area (Å²) >= 11 is 0. The number of hydrogen-bond donors (Lipinski definition) is 1. The van der Waals surface area contributed by atoms with Crippen LogP contribution >= 0.6 is 0 Å². The van der Waals surface area contributed by atoms with E-state index in [0.717, 1.165) is 6.20 Å². The molecule has 0 aliphatic carbocycles.